The molecule has 2 aromatic heterocycles. The van der Waals surface area contributed by atoms with Gasteiger partial charge in [-0.2, -0.15) is 0 Å². The molecule has 0 unspecified atom stereocenters. The topological polar surface area (TPSA) is 30.0 Å². The number of rotatable bonds is 2. The normalized spacial score (nSPS) is 10.6. The number of thiophene rings is 1. The molecule has 2 heterocycles. The molecule has 0 aliphatic heterocycles. The van der Waals surface area contributed by atoms with Gasteiger partial charge < -0.3 is 0 Å². The Balaban J connectivity index is 2.46. The predicted molar refractivity (Wildman–Crippen MR) is 65.2 cm³/mol. The van der Waals surface area contributed by atoms with Crippen molar-refractivity contribution in [3.05, 3.63) is 27.0 Å². The number of thiazole rings is 1. The van der Waals surface area contributed by atoms with E-state index in [4.69, 9.17) is 11.6 Å². The van der Waals surface area contributed by atoms with Crippen molar-refractivity contribution in [3.8, 4) is 9.88 Å². The van der Waals surface area contributed by atoms with Crippen molar-refractivity contribution in [2.24, 2.45) is 0 Å². The summed E-state index contributed by atoms with van der Waals surface area (Å²) in [7, 11) is 0. The Bertz CT molecular complexity index is 515. The molecule has 0 radical (unpaired) electrons. The number of carbonyl (C=O) groups is 1. The van der Waals surface area contributed by atoms with E-state index >= 15 is 0 Å². The summed E-state index contributed by atoms with van der Waals surface area (Å²) in [6.45, 7) is 3.44. The maximum Gasteiger partial charge on any atom is 0.179 e. The first-order chi connectivity index (χ1) is 7.08. The minimum atomic E-state index is 0.0117. The van der Waals surface area contributed by atoms with Crippen LogP contribution in [0.1, 0.15) is 22.3 Å². The van der Waals surface area contributed by atoms with Gasteiger partial charge in [-0.05, 0) is 13.0 Å². The quantitative estimate of drug-likeness (QED) is 0.760. The van der Waals surface area contributed by atoms with Crippen LogP contribution in [0.2, 0.25) is 5.02 Å². The number of aryl methyl sites for hydroxylation is 1. The lowest BCUT2D eigenvalue weighted by atomic mass is 10.3. The Labute approximate surface area is 101 Å². The summed E-state index contributed by atoms with van der Waals surface area (Å²) in [6, 6.07) is 1.87. The highest BCUT2D eigenvalue weighted by molar-refractivity contribution is 7.21. The highest BCUT2D eigenvalue weighted by atomic mass is 35.5. The van der Waals surface area contributed by atoms with E-state index in [0.29, 0.717) is 10.7 Å². The standard InChI is InChI=1S/C10H8ClNOS2/c1-5(13)9-6(2)15-10(12-9)8-3-7(11)4-14-8/h3-4H,1-2H3. The zero-order chi connectivity index (χ0) is 11.0. The molecule has 0 saturated carbocycles. The molecule has 0 fully saturated rings. The van der Waals surface area contributed by atoms with Crippen molar-refractivity contribution < 1.29 is 4.79 Å². The molecule has 0 amide bonds. The lowest BCUT2D eigenvalue weighted by Gasteiger charge is -1.87. The number of aromatic nitrogens is 1. The number of halogens is 1. The van der Waals surface area contributed by atoms with E-state index in [2.05, 4.69) is 4.98 Å². The minimum Gasteiger partial charge on any atom is -0.293 e. The first kappa shape index (κ1) is 10.8. The second kappa shape index (κ2) is 4.04. The number of nitrogens with zero attached hydrogens (tertiary/aromatic N) is 1. The van der Waals surface area contributed by atoms with Crippen LogP contribution in [0, 0.1) is 6.92 Å². The number of hydrogen-bond donors (Lipinski definition) is 0. The van der Waals surface area contributed by atoms with Crippen molar-refractivity contribution in [2.75, 3.05) is 0 Å². The van der Waals surface area contributed by atoms with Crippen LogP contribution in [0.4, 0.5) is 0 Å². The number of hydrogen-bond acceptors (Lipinski definition) is 4. The van der Waals surface area contributed by atoms with Gasteiger partial charge in [0.15, 0.2) is 5.78 Å². The van der Waals surface area contributed by atoms with Crippen LogP contribution in [0.25, 0.3) is 9.88 Å². The van der Waals surface area contributed by atoms with Crippen LogP contribution in [-0.4, -0.2) is 10.8 Å². The molecule has 0 aliphatic rings. The summed E-state index contributed by atoms with van der Waals surface area (Å²) < 4.78 is 0. The van der Waals surface area contributed by atoms with Crippen LogP contribution in [-0.2, 0) is 0 Å². The molecule has 0 atom stereocenters. The summed E-state index contributed by atoms with van der Waals surface area (Å²) in [5.74, 6) is 0.0117. The third kappa shape index (κ3) is 2.12. The SMILES string of the molecule is CC(=O)c1nc(-c2cc(Cl)cs2)sc1C. The smallest absolute Gasteiger partial charge is 0.179 e. The lowest BCUT2D eigenvalue weighted by Crippen LogP contribution is -1.93. The maximum atomic E-state index is 11.2. The van der Waals surface area contributed by atoms with E-state index < -0.39 is 0 Å². The Morgan fingerprint density at radius 1 is 1.53 bits per heavy atom. The summed E-state index contributed by atoms with van der Waals surface area (Å²) in [6.07, 6.45) is 0. The molecular formula is C10H8ClNOS2. The highest BCUT2D eigenvalue weighted by Gasteiger charge is 2.13. The molecule has 0 saturated heterocycles. The molecule has 2 aromatic rings. The fourth-order valence-electron chi connectivity index (χ4n) is 1.25. The summed E-state index contributed by atoms with van der Waals surface area (Å²) in [5, 5.41) is 3.45. The van der Waals surface area contributed by atoms with Gasteiger partial charge in [0, 0.05) is 17.2 Å². The number of Topliss-reactive ketones (excluding diaryl/α,β-unsaturated/α-hetero) is 1. The van der Waals surface area contributed by atoms with Gasteiger partial charge in [0.1, 0.15) is 10.7 Å². The maximum absolute atomic E-state index is 11.2. The third-order valence-electron chi connectivity index (χ3n) is 1.91. The highest BCUT2D eigenvalue weighted by Crippen LogP contribution is 2.33. The second-order valence-electron chi connectivity index (χ2n) is 3.11. The fourth-order valence-corrected chi connectivity index (χ4v) is 3.35. The molecule has 15 heavy (non-hydrogen) atoms. The molecule has 2 rings (SSSR count). The van der Waals surface area contributed by atoms with Crippen molar-refractivity contribution in [1.29, 1.82) is 0 Å². The summed E-state index contributed by atoms with van der Waals surface area (Å²) in [5.41, 5.74) is 0.569. The molecule has 0 spiro atoms. The van der Waals surface area contributed by atoms with E-state index in [1.807, 2.05) is 18.4 Å². The van der Waals surface area contributed by atoms with Crippen LogP contribution < -0.4 is 0 Å². The van der Waals surface area contributed by atoms with Crippen LogP contribution in [0.15, 0.2) is 11.4 Å². The summed E-state index contributed by atoms with van der Waals surface area (Å²) in [4.78, 5) is 17.5. The van der Waals surface area contributed by atoms with E-state index in [1.165, 1.54) is 18.3 Å². The van der Waals surface area contributed by atoms with Crippen molar-refractivity contribution >= 4 is 40.1 Å². The predicted octanol–water partition coefficient (Wildman–Crippen LogP) is 4.04. The molecule has 0 aromatic carbocycles. The van der Waals surface area contributed by atoms with E-state index in [0.717, 1.165) is 14.8 Å². The fraction of sp³-hybridized carbons (Fsp3) is 0.200. The minimum absolute atomic E-state index is 0.0117. The van der Waals surface area contributed by atoms with Crippen molar-refractivity contribution in [3.63, 3.8) is 0 Å². The first-order valence-electron chi connectivity index (χ1n) is 4.30. The van der Waals surface area contributed by atoms with Gasteiger partial charge in [-0.3, -0.25) is 4.79 Å². The molecule has 0 N–H and O–H groups in total. The summed E-state index contributed by atoms with van der Waals surface area (Å²) >= 11 is 8.91. The molecule has 0 aliphatic carbocycles. The van der Waals surface area contributed by atoms with Crippen molar-refractivity contribution in [2.45, 2.75) is 13.8 Å². The van der Waals surface area contributed by atoms with Crippen LogP contribution in [0.3, 0.4) is 0 Å². The van der Waals surface area contributed by atoms with Gasteiger partial charge >= 0.3 is 0 Å². The molecular weight excluding hydrogens is 250 g/mol. The molecule has 2 nitrogen and oxygen atoms in total. The van der Waals surface area contributed by atoms with Crippen LogP contribution >= 0.6 is 34.3 Å². The van der Waals surface area contributed by atoms with Gasteiger partial charge in [0.25, 0.3) is 0 Å². The largest absolute Gasteiger partial charge is 0.293 e. The lowest BCUT2D eigenvalue weighted by molar-refractivity contribution is 0.101. The molecule has 5 heteroatoms. The van der Waals surface area contributed by atoms with Crippen molar-refractivity contribution in [1.82, 2.24) is 4.98 Å². The zero-order valence-corrected chi connectivity index (χ0v) is 10.6. The zero-order valence-electron chi connectivity index (χ0n) is 8.20. The number of ketones is 1. The van der Waals surface area contributed by atoms with Crippen LogP contribution in [0.5, 0.6) is 0 Å². The molecule has 78 valence electrons. The second-order valence-corrected chi connectivity index (χ2v) is 5.66. The average molecular weight is 258 g/mol. The van der Waals surface area contributed by atoms with E-state index in [-0.39, 0.29) is 5.78 Å². The van der Waals surface area contributed by atoms with Gasteiger partial charge in [-0.25, -0.2) is 4.98 Å². The van der Waals surface area contributed by atoms with E-state index in [9.17, 15) is 4.79 Å². The Morgan fingerprint density at radius 3 is 2.73 bits per heavy atom. The Morgan fingerprint density at radius 2 is 2.27 bits per heavy atom. The molecule has 0 bridgehead atoms. The Hall–Kier alpha value is -0.710. The Kier molecular flexibility index (Phi) is 2.91. The van der Waals surface area contributed by atoms with E-state index in [1.54, 1.807) is 11.3 Å². The monoisotopic (exact) mass is 257 g/mol. The third-order valence-corrected chi connectivity index (χ3v) is 4.33. The van der Waals surface area contributed by atoms with Gasteiger partial charge in [0.2, 0.25) is 0 Å². The van der Waals surface area contributed by atoms with Gasteiger partial charge in [-0.1, -0.05) is 11.6 Å². The average Bonchev–Trinajstić information content (AvgIpc) is 2.71. The number of carbonyl (C=O) groups excluding carboxylic acids is 1. The van der Waals surface area contributed by atoms with Gasteiger partial charge in [-0.15, -0.1) is 22.7 Å². The van der Waals surface area contributed by atoms with Gasteiger partial charge in [0.05, 0.1) is 9.90 Å². The first-order valence-corrected chi connectivity index (χ1v) is 6.38.